The zero-order valence-electron chi connectivity index (χ0n) is 13.9. The molecule has 3 rings (SSSR count). The van der Waals surface area contributed by atoms with E-state index in [1.165, 1.54) is 12.1 Å². The summed E-state index contributed by atoms with van der Waals surface area (Å²) in [6.07, 6.45) is 0.960. The summed E-state index contributed by atoms with van der Waals surface area (Å²) < 4.78 is 18.3. The van der Waals surface area contributed by atoms with Crippen molar-refractivity contribution < 1.29 is 14.0 Å². The highest BCUT2D eigenvalue weighted by Crippen LogP contribution is 2.17. The van der Waals surface area contributed by atoms with Crippen molar-refractivity contribution in [3.05, 3.63) is 36.0 Å². The Morgan fingerprint density at radius 3 is 2.54 bits per heavy atom. The monoisotopic (exact) mass is 334 g/mol. The SMILES string of the molecule is CCC(CO)N1CCN(Cc2nc(-c3ccc(F)cc3)no2)CC1. The fraction of sp³-hybridized carbons (Fsp3) is 0.529. The first-order valence-corrected chi connectivity index (χ1v) is 8.35. The molecule has 6 nitrogen and oxygen atoms in total. The number of nitrogens with zero attached hydrogens (tertiary/aromatic N) is 4. The lowest BCUT2D eigenvalue weighted by molar-refractivity contribution is 0.0568. The maximum Gasteiger partial charge on any atom is 0.241 e. The molecule has 1 N–H and O–H groups in total. The number of aromatic nitrogens is 2. The highest BCUT2D eigenvalue weighted by molar-refractivity contribution is 5.53. The quantitative estimate of drug-likeness (QED) is 0.868. The van der Waals surface area contributed by atoms with Gasteiger partial charge in [-0.2, -0.15) is 4.98 Å². The van der Waals surface area contributed by atoms with Gasteiger partial charge in [-0.25, -0.2) is 4.39 Å². The minimum atomic E-state index is -0.284. The lowest BCUT2D eigenvalue weighted by Crippen LogP contribution is -2.50. The van der Waals surface area contributed by atoms with Crippen molar-refractivity contribution in [2.24, 2.45) is 0 Å². The van der Waals surface area contributed by atoms with Gasteiger partial charge in [0.25, 0.3) is 0 Å². The molecule has 0 saturated carbocycles. The molecule has 2 aromatic rings. The number of hydrogen-bond acceptors (Lipinski definition) is 6. The Bertz CT molecular complexity index is 634. The predicted molar refractivity (Wildman–Crippen MR) is 87.7 cm³/mol. The van der Waals surface area contributed by atoms with Gasteiger partial charge in [-0.15, -0.1) is 0 Å². The summed E-state index contributed by atoms with van der Waals surface area (Å²) in [5.41, 5.74) is 0.741. The number of rotatable bonds is 6. The fourth-order valence-corrected chi connectivity index (χ4v) is 3.02. The van der Waals surface area contributed by atoms with Crippen LogP contribution in [0.5, 0.6) is 0 Å². The van der Waals surface area contributed by atoms with Crippen LogP contribution in [-0.4, -0.2) is 63.9 Å². The Labute approximate surface area is 140 Å². The lowest BCUT2D eigenvalue weighted by Gasteiger charge is -2.37. The van der Waals surface area contributed by atoms with Gasteiger partial charge >= 0.3 is 0 Å². The van der Waals surface area contributed by atoms with Crippen LogP contribution in [0.3, 0.4) is 0 Å². The van der Waals surface area contributed by atoms with Crippen molar-refractivity contribution in [3.63, 3.8) is 0 Å². The number of aliphatic hydroxyl groups is 1. The number of halogens is 1. The van der Waals surface area contributed by atoms with Gasteiger partial charge in [0.2, 0.25) is 11.7 Å². The second kappa shape index (κ2) is 7.83. The standard InChI is InChI=1S/C17H23FN4O2/c1-2-15(12-23)22-9-7-21(8-10-22)11-16-19-17(20-24-16)13-3-5-14(18)6-4-13/h3-6,15,23H,2,7-12H2,1H3. The minimum Gasteiger partial charge on any atom is -0.395 e. The Morgan fingerprint density at radius 2 is 1.92 bits per heavy atom. The molecule has 130 valence electrons. The summed E-state index contributed by atoms with van der Waals surface area (Å²) >= 11 is 0. The van der Waals surface area contributed by atoms with E-state index in [4.69, 9.17) is 4.52 Å². The predicted octanol–water partition coefficient (Wildman–Crippen LogP) is 1.76. The number of piperazine rings is 1. The van der Waals surface area contributed by atoms with Gasteiger partial charge in [-0.05, 0) is 30.7 Å². The first-order valence-electron chi connectivity index (χ1n) is 8.35. The Balaban J connectivity index is 1.55. The van der Waals surface area contributed by atoms with Crippen LogP contribution in [0, 0.1) is 5.82 Å². The molecule has 0 spiro atoms. The van der Waals surface area contributed by atoms with Crippen molar-refractivity contribution in [1.82, 2.24) is 19.9 Å². The van der Waals surface area contributed by atoms with Gasteiger partial charge in [0.05, 0.1) is 13.2 Å². The van der Waals surface area contributed by atoms with Gasteiger partial charge in [0.15, 0.2) is 0 Å². The molecule has 0 radical (unpaired) electrons. The molecule has 1 fully saturated rings. The van der Waals surface area contributed by atoms with Crippen LogP contribution in [-0.2, 0) is 6.54 Å². The highest BCUT2D eigenvalue weighted by Gasteiger charge is 2.23. The molecule has 0 aliphatic carbocycles. The molecule has 0 bridgehead atoms. The average Bonchev–Trinajstić information content (AvgIpc) is 3.06. The third-order valence-electron chi connectivity index (χ3n) is 4.53. The van der Waals surface area contributed by atoms with Crippen LogP contribution in [0.25, 0.3) is 11.4 Å². The normalized spacial score (nSPS) is 18.0. The maximum absolute atomic E-state index is 13.0. The zero-order valence-corrected chi connectivity index (χ0v) is 13.9. The maximum atomic E-state index is 13.0. The summed E-state index contributed by atoms with van der Waals surface area (Å²) in [5.74, 6) is 0.764. The summed E-state index contributed by atoms with van der Waals surface area (Å²) in [6, 6.07) is 6.30. The second-order valence-corrected chi connectivity index (χ2v) is 6.08. The molecule has 1 aromatic heterocycles. The summed E-state index contributed by atoms with van der Waals surface area (Å²) in [7, 11) is 0. The van der Waals surface area contributed by atoms with Crippen molar-refractivity contribution in [2.45, 2.75) is 25.9 Å². The summed E-state index contributed by atoms with van der Waals surface area (Å²) in [4.78, 5) is 8.99. The van der Waals surface area contributed by atoms with Crippen LogP contribution in [0.1, 0.15) is 19.2 Å². The zero-order chi connectivity index (χ0) is 16.9. The van der Waals surface area contributed by atoms with Crippen LogP contribution < -0.4 is 0 Å². The Morgan fingerprint density at radius 1 is 1.21 bits per heavy atom. The van der Waals surface area contributed by atoms with Gasteiger partial charge in [0, 0.05) is 37.8 Å². The van der Waals surface area contributed by atoms with Crippen LogP contribution in [0.4, 0.5) is 4.39 Å². The first-order chi connectivity index (χ1) is 11.7. The van der Waals surface area contributed by atoms with E-state index in [-0.39, 0.29) is 18.5 Å². The number of aliphatic hydroxyl groups excluding tert-OH is 1. The van der Waals surface area contributed by atoms with E-state index in [2.05, 4.69) is 26.9 Å². The average molecular weight is 334 g/mol. The topological polar surface area (TPSA) is 65.6 Å². The molecular weight excluding hydrogens is 311 g/mol. The van der Waals surface area contributed by atoms with Crippen molar-refractivity contribution >= 4 is 0 Å². The largest absolute Gasteiger partial charge is 0.395 e. The smallest absolute Gasteiger partial charge is 0.241 e. The summed E-state index contributed by atoms with van der Waals surface area (Å²) in [5, 5.41) is 13.4. The Hall–Kier alpha value is -1.83. The molecule has 0 amide bonds. The third-order valence-corrected chi connectivity index (χ3v) is 4.53. The molecule has 1 aromatic carbocycles. The van der Waals surface area contributed by atoms with Gasteiger partial charge < -0.3 is 9.63 Å². The Kier molecular flexibility index (Phi) is 5.55. The van der Waals surface area contributed by atoms with E-state index >= 15 is 0 Å². The van der Waals surface area contributed by atoms with Gasteiger partial charge in [-0.1, -0.05) is 12.1 Å². The van der Waals surface area contributed by atoms with E-state index in [9.17, 15) is 9.50 Å². The molecule has 1 saturated heterocycles. The molecule has 1 atom stereocenters. The van der Waals surface area contributed by atoms with Crippen LogP contribution in [0.2, 0.25) is 0 Å². The number of hydrogen-bond donors (Lipinski definition) is 1. The van der Waals surface area contributed by atoms with Crippen molar-refractivity contribution in [2.75, 3.05) is 32.8 Å². The number of benzene rings is 1. The van der Waals surface area contributed by atoms with Gasteiger partial charge in [0.1, 0.15) is 5.82 Å². The molecule has 24 heavy (non-hydrogen) atoms. The molecule has 1 aliphatic rings. The molecule has 1 unspecified atom stereocenters. The van der Waals surface area contributed by atoms with Crippen molar-refractivity contribution in [3.8, 4) is 11.4 Å². The lowest BCUT2D eigenvalue weighted by atomic mass is 10.1. The molecule has 7 heteroatoms. The van der Waals surface area contributed by atoms with E-state index in [1.54, 1.807) is 12.1 Å². The fourth-order valence-electron chi connectivity index (χ4n) is 3.02. The third kappa shape index (κ3) is 3.98. The summed E-state index contributed by atoms with van der Waals surface area (Å²) in [6.45, 7) is 6.59. The molecule has 1 aliphatic heterocycles. The van der Waals surface area contributed by atoms with E-state index < -0.39 is 0 Å². The molecule has 2 heterocycles. The van der Waals surface area contributed by atoms with Crippen LogP contribution in [0.15, 0.2) is 28.8 Å². The van der Waals surface area contributed by atoms with Crippen molar-refractivity contribution in [1.29, 1.82) is 0 Å². The van der Waals surface area contributed by atoms with E-state index in [0.717, 1.165) is 38.2 Å². The van der Waals surface area contributed by atoms with Crippen LogP contribution >= 0.6 is 0 Å². The first kappa shape index (κ1) is 17.0. The van der Waals surface area contributed by atoms with E-state index in [1.807, 2.05) is 0 Å². The van der Waals surface area contributed by atoms with E-state index in [0.29, 0.717) is 18.3 Å². The minimum absolute atomic E-state index is 0.210. The highest BCUT2D eigenvalue weighted by atomic mass is 19.1. The molecular formula is C17H23FN4O2. The van der Waals surface area contributed by atoms with Gasteiger partial charge in [-0.3, -0.25) is 9.80 Å². The second-order valence-electron chi connectivity index (χ2n) is 6.08.